The molecule has 242 valence electrons. The number of fused-ring (bicyclic) bond motifs is 10. The zero-order valence-electron chi connectivity index (χ0n) is 26.8. The van der Waals surface area contributed by atoms with Gasteiger partial charge in [0.1, 0.15) is 23.9 Å². The molecule has 0 aliphatic carbocycles. The Morgan fingerprint density at radius 1 is 0.913 bits per heavy atom. The Balaban J connectivity index is 1.77. The van der Waals surface area contributed by atoms with Gasteiger partial charge in [0, 0.05) is 13.1 Å². The first-order valence-corrected chi connectivity index (χ1v) is 15.3. The lowest BCUT2D eigenvalue weighted by molar-refractivity contribution is -0.152. The number of hydrogen-bond donors (Lipinski definition) is 3. The molecule has 2 heterocycles. The largest absolute Gasteiger partial charge is 0.487 e. The SMILES string of the molecule is CC(=O)OC(c1ccccc1)C1NC(=O)C(NC(=O)C(Cc2ccccc2)N(C)C)C(C(C)C)Oc2ccc(cc2)/C=C/NC1=O. The Morgan fingerprint density at radius 3 is 2.13 bits per heavy atom. The normalized spacial score (nSPS) is 20.5. The van der Waals surface area contributed by atoms with Crippen molar-refractivity contribution in [2.75, 3.05) is 14.1 Å². The van der Waals surface area contributed by atoms with Crippen molar-refractivity contribution in [2.45, 2.75) is 57.5 Å². The van der Waals surface area contributed by atoms with Crippen molar-refractivity contribution >= 4 is 29.8 Å². The second kappa shape index (κ2) is 15.9. The Hall–Kier alpha value is -4.96. The van der Waals surface area contributed by atoms with E-state index in [-0.39, 0.29) is 11.8 Å². The molecule has 10 nitrogen and oxygen atoms in total. The number of benzene rings is 3. The standard InChI is InChI=1S/C36H42N4O6/c1-23(2)32-30(38-34(42)29(40(4)5)22-26-12-8-6-9-13-26)36(44)39-31(33(45-24(3)41)27-14-10-7-11-15-27)35(43)37-21-20-25-16-18-28(46-32)19-17-25/h6-21,23,29-33H,22H2,1-5H3,(H,37,43)(H,38,42)(H,39,44)/b21-20+. The number of likely N-dealkylation sites (N-methyl/N-ethyl adjacent to an activating group) is 1. The topological polar surface area (TPSA) is 126 Å². The molecule has 0 saturated heterocycles. The van der Waals surface area contributed by atoms with Gasteiger partial charge in [-0.05, 0) is 61.3 Å². The summed E-state index contributed by atoms with van der Waals surface area (Å²) >= 11 is 0. The van der Waals surface area contributed by atoms with Gasteiger partial charge in [-0.15, -0.1) is 0 Å². The summed E-state index contributed by atoms with van der Waals surface area (Å²) in [7, 11) is 3.60. The highest BCUT2D eigenvalue weighted by Crippen LogP contribution is 2.25. The summed E-state index contributed by atoms with van der Waals surface area (Å²) in [5, 5.41) is 8.48. The molecule has 2 aliphatic heterocycles. The Labute approximate surface area is 270 Å². The van der Waals surface area contributed by atoms with Gasteiger partial charge in [-0.25, -0.2) is 0 Å². The highest BCUT2D eigenvalue weighted by molar-refractivity contribution is 5.94. The lowest BCUT2D eigenvalue weighted by Gasteiger charge is -2.34. The maximum Gasteiger partial charge on any atom is 0.303 e. The smallest absolute Gasteiger partial charge is 0.303 e. The van der Waals surface area contributed by atoms with Crippen LogP contribution in [0.1, 0.15) is 43.6 Å². The van der Waals surface area contributed by atoms with Gasteiger partial charge in [-0.3, -0.25) is 24.1 Å². The second-order valence-electron chi connectivity index (χ2n) is 11.8. The van der Waals surface area contributed by atoms with Crippen LogP contribution in [0, 0.1) is 5.92 Å². The average Bonchev–Trinajstić information content (AvgIpc) is 3.03. The predicted molar refractivity (Wildman–Crippen MR) is 175 cm³/mol. The molecule has 2 aliphatic rings. The highest BCUT2D eigenvalue weighted by Gasteiger charge is 2.40. The minimum Gasteiger partial charge on any atom is -0.487 e. The van der Waals surface area contributed by atoms with Crippen LogP contribution in [-0.4, -0.2) is 66.9 Å². The fourth-order valence-electron chi connectivity index (χ4n) is 5.28. The minimum atomic E-state index is -1.35. The van der Waals surface area contributed by atoms with Gasteiger partial charge < -0.3 is 25.4 Å². The highest BCUT2D eigenvalue weighted by atomic mass is 16.5. The summed E-state index contributed by atoms with van der Waals surface area (Å²) in [5.74, 6) is -2.04. The minimum absolute atomic E-state index is 0.249. The molecule has 10 heteroatoms. The van der Waals surface area contributed by atoms with Gasteiger partial charge in [-0.2, -0.15) is 0 Å². The second-order valence-corrected chi connectivity index (χ2v) is 11.8. The fraction of sp³-hybridized carbons (Fsp3) is 0.333. The number of nitrogens with one attached hydrogen (secondary N) is 3. The summed E-state index contributed by atoms with van der Waals surface area (Å²) in [5.41, 5.74) is 2.26. The predicted octanol–water partition coefficient (Wildman–Crippen LogP) is 3.64. The molecule has 3 aromatic carbocycles. The van der Waals surface area contributed by atoms with E-state index in [0.717, 1.165) is 11.1 Å². The van der Waals surface area contributed by atoms with E-state index in [9.17, 15) is 19.2 Å². The van der Waals surface area contributed by atoms with Crippen LogP contribution in [0.4, 0.5) is 0 Å². The van der Waals surface area contributed by atoms with Crippen LogP contribution in [0.2, 0.25) is 0 Å². The summed E-state index contributed by atoms with van der Waals surface area (Å²) in [4.78, 5) is 56.1. The average molecular weight is 627 g/mol. The van der Waals surface area contributed by atoms with Crippen molar-refractivity contribution in [1.29, 1.82) is 0 Å². The van der Waals surface area contributed by atoms with Gasteiger partial charge >= 0.3 is 5.97 Å². The van der Waals surface area contributed by atoms with E-state index in [0.29, 0.717) is 17.7 Å². The van der Waals surface area contributed by atoms with E-state index < -0.39 is 48.1 Å². The number of rotatable bonds is 9. The number of esters is 1. The number of carbonyl (C=O) groups is 4. The Kier molecular flexibility index (Phi) is 11.7. The van der Waals surface area contributed by atoms with Gasteiger partial charge in [0.2, 0.25) is 11.8 Å². The third-order valence-corrected chi connectivity index (χ3v) is 7.72. The molecular formula is C36H42N4O6. The van der Waals surface area contributed by atoms with Crippen LogP contribution < -0.4 is 20.7 Å². The number of nitrogens with zero attached hydrogens (tertiary/aromatic N) is 1. The molecular weight excluding hydrogens is 584 g/mol. The van der Waals surface area contributed by atoms with E-state index in [1.165, 1.54) is 13.1 Å². The van der Waals surface area contributed by atoms with Crippen LogP contribution in [0.15, 0.2) is 91.1 Å². The van der Waals surface area contributed by atoms with Crippen LogP contribution in [-0.2, 0) is 30.3 Å². The number of amides is 3. The maximum atomic E-state index is 14.4. The Morgan fingerprint density at radius 2 is 1.54 bits per heavy atom. The van der Waals surface area contributed by atoms with Crippen molar-refractivity contribution in [3.8, 4) is 5.75 Å². The van der Waals surface area contributed by atoms with E-state index in [4.69, 9.17) is 9.47 Å². The zero-order valence-corrected chi connectivity index (χ0v) is 26.8. The zero-order chi connectivity index (χ0) is 33.2. The monoisotopic (exact) mass is 626 g/mol. The molecule has 5 atom stereocenters. The molecule has 2 bridgehead atoms. The van der Waals surface area contributed by atoms with Gasteiger partial charge in [0.05, 0.1) is 6.04 Å². The summed E-state index contributed by atoms with van der Waals surface area (Å²) in [6.45, 7) is 5.02. The summed E-state index contributed by atoms with van der Waals surface area (Å²) in [6.07, 6.45) is 1.57. The molecule has 0 aromatic heterocycles. The van der Waals surface area contributed by atoms with E-state index in [2.05, 4.69) is 16.0 Å². The number of ether oxygens (including phenoxy) is 2. The molecule has 0 spiro atoms. The van der Waals surface area contributed by atoms with Crippen molar-refractivity contribution in [3.63, 3.8) is 0 Å². The van der Waals surface area contributed by atoms with Crippen LogP contribution >= 0.6 is 0 Å². The van der Waals surface area contributed by atoms with Crippen LogP contribution in [0.5, 0.6) is 5.75 Å². The van der Waals surface area contributed by atoms with E-state index in [1.807, 2.05) is 56.3 Å². The molecule has 0 fully saturated rings. The van der Waals surface area contributed by atoms with Crippen molar-refractivity contribution in [1.82, 2.24) is 20.9 Å². The van der Waals surface area contributed by atoms with Crippen molar-refractivity contribution in [3.05, 3.63) is 108 Å². The molecule has 3 amide bonds. The number of hydrogen-bond acceptors (Lipinski definition) is 7. The van der Waals surface area contributed by atoms with E-state index in [1.54, 1.807) is 67.5 Å². The third kappa shape index (κ3) is 9.04. The van der Waals surface area contributed by atoms with Crippen LogP contribution in [0.3, 0.4) is 0 Å². The first kappa shape index (κ1) is 33.9. The molecule has 46 heavy (non-hydrogen) atoms. The molecule has 3 N–H and O–H groups in total. The quantitative estimate of drug-likeness (QED) is 0.310. The van der Waals surface area contributed by atoms with E-state index >= 15 is 0 Å². The molecule has 0 saturated carbocycles. The van der Waals surface area contributed by atoms with Crippen molar-refractivity contribution in [2.24, 2.45) is 5.92 Å². The maximum absolute atomic E-state index is 14.4. The van der Waals surface area contributed by atoms with Gasteiger partial charge in [0.15, 0.2) is 6.10 Å². The summed E-state index contributed by atoms with van der Waals surface area (Å²) in [6, 6.07) is 22.3. The Bertz CT molecular complexity index is 1510. The lowest BCUT2D eigenvalue weighted by Crippen LogP contribution is -2.62. The summed E-state index contributed by atoms with van der Waals surface area (Å²) < 4.78 is 12.0. The number of carbonyl (C=O) groups excluding carboxylic acids is 4. The molecule has 5 unspecified atom stereocenters. The fourth-order valence-corrected chi connectivity index (χ4v) is 5.28. The first-order chi connectivity index (χ1) is 22.0. The molecule has 5 rings (SSSR count). The molecule has 3 aromatic rings. The first-order valence-electron chi connectivity index (χ1n) is 15.3. The van der Waals surface area contributed by atoms with Gasteiger partial charge in [0.25, 0.3) is 5.91 Å². The third-order valence-electron chi connectivity index (χ3n) is 7.72. The van der Waals surface area contributed by atoms with Crippen LogP contribution in [0.25, 0.3) is 6.08 Å². The molecule has 0 radical (unpaired) electrons. The lowest BCUT2D eigenvalue weighted by atomic mass is 9.95. The van der Waals surface area contributed by atoms with Gasteiger partial charge in [-0.1, -0.05) is 86.6 Å². The van der Waals surface area contributed by atoms with Crippen molar-refractivity contribution < 1.29 is 28.7 Å².